The minimum Gasteiger partial charge on any atom is -0.480 e. The van der Waals surface area contributed by atoms with E-state index in [4.69, 9.17) is 5.11 Å². The van der Waals surface area contributed by atoms with E-state index in [1.807, 2.05) is 5.38 Å². The summed E-state index contributed by atoms with van der Waals surface area (Å²) in [5.74, 6) is -0.857. The van der Waals surface area contributed by atoms with Crippen molar-refractivity contribution in [3.8, 4) is 0 Å². The third-order valence-electron chi connectivity index (χ3n) is 1.70. The third-order valence-corrected chi connectivity index (χ3v) is 2.48. The molecular weight excluding hydrogens is 188 g/mol. The molecule has 0 atom stereocenters. The summed E-state index contributed by atoms with van der Waals surface area (Å²) in [6.07, 6.45) is 1.70. The molecule has 0 spiro atoms. The van der Waals surface area contributed by atoms with Gasteiger partial charge in [-0.25, -0.2) is 4.98 Å². The second-order valence-electron chi connectivity index (χ2n) is 3.21. The number of hydrogen-bond donors (Lipinski definition) is 2. The Morgan fingerprint density at radius 2 is 2.46 bits per heavy atom. The van der Waals surface area contributed by atoms with Crippen LogP contribution in [0.25, 0.3) is 0 Å². The molecule has 0 radical (unpaired) electrons. The first-order valence-electron chi connectivity index (χ1n) is 3.89. The van der Waals surface area contributed by atoms with Crippen molar-refractivity contribution >= 4 is 17.3 Å². The highest BCUT2D eigenvalue weighted by atomic mass is 32.1. The fourth-order valence-corrected chi connectivity index (χ4v) is 1.27. The number of carbonyl (C=O) groups is 1. The van der Waals surface area contributed by atoms with Crippen molar-refractivity contribution in [2.75, 3.05) is 0 Å². The van der Waals surface area contributed by atoms with E-state index in [1.54, 1.807) is 20.0 Å². The Morgan fingerprint density at radius 3 is 2.92 bits per heavy atom. The molecule has 0 bridgehead atoms. The molecule has 72 valence electrons. The van der Waals surface area contributed by atoms with Gasteiger partial charge in [0, 0.05) is 18.1 Å². The van der Waals surface area contributed by atoms with Gasteiger partial charge in [0.25, 0.3) is 0 Å². The highest BCUT2D eigenvalue weighted by Gasteiger charge is 2.26. The van der Waals surface area contributed by atoms with E-state index in [2.05, 4.69) is 10.3 Å². The maximum absolute atomic E-state index is 10.7. The van der Waals surface area contributed by atoms with E-state index in [0.717, 1.165) is 5.01 Å². The maximum Gasteiger partial charge on any atom is 0.323 e. The van der Waals surface area contributed by atoms with E-state index in [9.17, 15) is 4.79 Å². The lowest BCUT2D eigenvalue weighted by molar-refractivity contribution is -0.143. The molecule has 0 aliphatic rings. The Morgan fingerprint density at radius 1 is 1.77 bits per heavy atom. The van der Waals surface area contributed by atoms with Gasteiger partial charge < -0.3 is 5.11 Å². The van der Waals surface area contributed by atoms with Crippen molar-refractivity contribution in [2.24, 2.45) is 0 Å². The monoisotopic (exact) mass is 200 g/mol. The zero-order valence-corrected chi connectivity index (χ0v) is 8.39. The Hall–Kier alpha value is -0.940. The lowest BCUT2D eigenvalue weighted by atomic mass is 10.1. The fraction of sp³-hybridized carbons (Fsp3) is 0.500. The smallest absolute Gasteiger partial charge is 0.323 e. The number of aliphatic carboxylic acids is 1. The maximum atomic E-state index is 10.7. The number of nitrogens with one attached hydrogen (secondary N) is 1. The highest BCUT2D eigenvalue weighted by molar-refractivity contribution is 7.09. The first-order valence-corrected chi connectivity index (χ1v) is 4.77. The lowest BCUT2D eigenvalue weighted by Gasteiger charge is -2.19. The molecule has 0 saturated carbocycles. The van der Waals surface area contributed by atoms with Gasteiger partial charge in [0.05, 0.1) is 0 Å². The summed E-state index contributed by atoms with van der Waals surface area (Å²) in [5.41, 5.74) is -0.897. The van der Waals surface area contributed by atoms with E-state index < -0.39 is 11.5 Å². The van der Waals surface area contributed by atoms with Crippen LogP contribution in [-0.4, -0.2) is 21.6 Å². The van der Waals surface area contributed by atoms with Crippen LogP contribution in [0.15, 0.2) is 11.6 Å². The first kappa shape index (κ1) is 10.1. The molecule has 0 aromatic carbocycles. The van der Waals surface area contributed by atoms with Gasteiger partial charge in [-0.05, 0) is 13.8 Å². The van der Waals surface area contributed by atoms with Crippen molar-refractivity contribution in [1.29, 1.82) is 0 Å². The van der Waals surface area contributed by atoms with Gasteiger partial charge in [0.1, 0.15) is 10.5 Å². The van der Waals surface area contributed by atoms with Crippen LogP contribution < -0.4 is 5.32 Å². The molecule has 0 unspecified atom stereocenters. The van der Waals surface area contributed by atoms with Gasteiger partial charge in [-0.2, -0.15) is 0 Å². The molecule has 0 amide bonds. The summed E-state index contributed by atoms with van der Waals surface area (Å²) < 4.78 is 0. The fourth-order valence-electron chi connectivity index (χ4n) is 0.712. The van der Waals surface area contributed by atoms with E-state index in [-0.39, 0.29) is 0 Å². The zero-order chi connectivity index (χ0) is 9.90. The Balaban J connectivity index is 2.47. The summed E-state index contributed by atoms with van der Waals surface area (Å²) in [6, 6.07) is 0. The molecule has 5 heteroatoms. The van der Waals surface area contributed by atoms with Crippen molar-refractivity contribution in [1.82, 2.24) is 10.3 Å². The van der Waals surface area contributed by atoms with Crippen LogP contribution in [0.3, 0.4) is 0 Å². The molecule has 4 nitrogen and oxygen atoms in total. The van der Waals surface area contributed by atoms with Crippen molar-refractivity contribution < 1.29 is 9.90 Å². The molecule has 1 heterocycles. The minimum absolute atomic E-state index is 0.497. The standard InChI is InChI=1S/C8H12N2O2S/c1-8(2,7(11)12)10-5-6-9-3-4-13-6/h3-4,10H,5H2,1-2H3,(H,11,12). The average molecular weight is 200 g/mol. The SMILES string of the molecule is CC(C)(NCc1nccs1)C(=O)O. The molecule has 0 aliphatic carbocycles. The highest BCUT2D eigenvalue weighted by Crippen LogP contribution is 2.07. The van der Waals surface area contributed by atoms with Gasteiger partial charge in [0.15, 0.2) is 0 Å². The number of nitrogens with zero attached hydrogens (tertiary/aromatic N) is 1. The topological polar surface area (TPSA) is 62.2 Å². The summed E-state index contributed by atoms with van der Waals surface area (Å²) in [4.78, 5) is 14.7. The Bertz CT molecular complexity index is 282. The van der Waals surface area contributed by atoms with Crippen LogP contribution in [0.4, 0.5) is 0 Å². The Labute approximate surface area is 80.6 Å². The first-order chi connectivity index (χ1) is 6.02. The molecule has 0 saturated heterocycles. The van der Waals surface area contributed by atoms with Crippen molar-refractivity contribution in [2.45, 2.75) is 25.9 Å². The summed E-state index contributed by atoms with van der Waals surface area (Å²) in [5, 5.41) is 14.5. The lowest BCUT2D eigenvalue weighted by Crippen LogP contribution is -2.46. The summed E-state index contributed by atoms with van der Waals surface area (Å²) in [6.45, 7) is 3.75. The predicted molar refractivity (Wildman–Crippen MR) is 50.7 cm³/mol. The molecular formula is C8H12N2O2S. The molecule has 2 N–H and O–H groups in total. The second kappa shape index (κ2) is 3.85. The van der Waals surface area contributed by atoms with Crippen molar-refractivity contribution in [3.05, 3.63) is 16.6 Å². The summed E-state index contributed by atoms with van der Waals surface area (Å²) in [7, 11) is 0. The van der Waals surface area contributed by atoms with E-state index >= 15 is 0 Å². The third kappa shape index (κ3) is 2.78. The quantitative estimate of drug-likeness (QED) is 0.764. The minimum atomic E-state index is -0.897. The van der Waals surface area contributed by atoms with Gasteiger partial charge in [-0.3, -0.25) is 10.1 Å². The average Bonchev–Trinajstić information content (AvgIpc) is 2.52. The van der Waals surface area contributed by atoms with Crippen LogP contribution in [0.1, 0.15) is 18.9 Å². The second-order valence-corrected chi connectivity index (χ2v) is 4.19. The van der Waals surface area contributed by atoms with Crippen LogP contribution in [0.2, 0.25) is 0 Å². The molecule has 1 aromatic rings. The number of thiazole rings is 1. The van der Waals surface area contributed by atoms with E-state index in [0.29, 0.717) is 6.54 Å². The molecule has 1 rings (SSSR count). The number of aromatic nitrogens is 1. The van der Waals surface area contributed by atoms with Gasteiger partial charge in [-0.1, -0.05) is 0 Å². The van der Waals surface area contributed by atoms with Gasteiger partial charge >= 0.3 is 5.97 Å². The van der Waals surface area contributed by atoms with Crippen LogP contribution >= 0.6 is 11.3 Å². The van der Waals surface area contributed by atoms with Crippen LogP contribution in [0, 0.1) is 0 Å². The van der Waals surface area contributed by atoms with Gasteiger partial charge in [0.2, 0.25) is 0 Å². The molecule has 1 aromatic heterocycles. The van der Waals surface area contributed by atoms with Crippen LogP contribution in [-0.2, 0) is 11.3 Å². The number of rotatable bonds is 4. The predicted octanol–water partition coefficient (Wildman–Crippen LogP) is 1.10. The number of carboxylic acids is 1. The van der Waals surface area contributed by atoms with Crippen molar-refractivity contribution in [3.63, 3.8) is 0 Å². The molecule has 13 heavy (non-hydrogen) atoms. The van der Waals surface area contributed by atoms with E-state index in [1.165, 1.54) is 11.3 Å². The normalized spacial score (nSPS) is 11.5. The van der Waals surface area contributed by atoms with Crippen LogP contribution in [0.5, 0.6) is 0 Å². The van der Waals surface area contributed by atoms with Gasteiger partial charge in [-0.15, -0.1) is 11.3 Å². The largest absolute Gasteiger partial charge is 0.480 e. The molecule has 0 aliphatic heterocycles. The zero-order valence-electron chi connectivity index (χ0n) is 7.57. The summed E-state index contributed by atoms with van der Waals surface area (Å²) >= 11 is 1.51. The molecule has 0 fully saturated rings. The number of carboxylic acid groups (broad SMARTS) is 1. The Kier molecular flexibility index (Phi) is 3.00. The number of hydrogen-bond acceptors (Lipinski definition) is 4.